The molecule has 0 spiro atoms. The van der Waals surface area contributed by atoms with Gasteiger partial charge in [0, 0.05) is 37.4 Å². The molecule has 0 aromatic heterocycles. The number of likely N-dealkylation sites (N-methyl/N-ethyl adjacent to an activating group) is 1. The number of piperazine rings is 1. The number of benzene rings is 1. The third kappa shape index (κ3) is 2.56. The number of anilines is 1. The first-order valence-corrected chi connectivity index (χ1v) is 5.76. The first-order chi connectivity index (χ1) is 7.79. The molecule has 0 unspecified atom stereocenters. The Morgan fingerprint density at radius 2 is 1.62 bits per heavy atom. The average Bonchev–Trinajstić information content (AvgIpc) is 2.32. The minimum absolute atomic E-state index is 1.10. The van der Waals surface area contributed by atoms with Crippen molar-refractivity contribution in [2.24, 2.45) is 0 Å². The van der Waals surface area contributed by atoms with Crippen molar-refractivity contribution in [3.05, 3.63) is 29.8 Å². The fourth-order valence-electron chi connectivity index (χ4n) is 1.96. The molecule has 16 heavy (non-hydrogen) atoms. The second kappa shape index (κ2) is 5.05. The van der Waals surface area contributed by atoms with Crippen LogP contribution < -0.4 is 4.90 Å². The minimum atomic E-state index is 1.10. The molecule has 2 heteroatoms. The lowest BCUT2D eigenvalue weighted by atomic mass is 10.2. The smallest absolute Gasteiger partial charge is 0.0367 e. The van der Waals surface area contributed by atoms with E-state index in [1.165, 1.54) is 5.69 Å². The van der Waals surface area contributed by atoms with E-state index in [2.05, 4.69) is 53.0 Å². The summed E-state index contributed by atoms with van der Waals surface area (Å²) in [5, 5.41) is 0. The van der Waals surface area contributed by atoms with Crippen LogP contribution in [-0.4, -0.2) is 38.1 Å². The predicted molar refractivity (Wildman–Crippen MR) is 68.7 cm³/mol. The Hall–Kier alpha value is -1.46. The molecule has 0 amide bonds. The first kappa shape index (κ1) is 11.0. The Bertz CT molecular complexity index is 389. The normalized spacial score (nSPS) is 16.8. The fraction of sp³-hybridized carbons (Fsp3) is 0.429. The molecule has 1 aliphatic heterocycles. The summed E-state index contributed by atoms with van der Waals surface area (Å²) < 4.78 is 0. The van der Waals surface area contributed by atoms with E-state index in [-0.39, 0.29) is 0 Å². The summed E-state index contributed by atoms with van der Waals surface area (Å²) in [6.07, 6.45) is 0. The van der Waals surface area contributed by atoms with E-state index in [4.69, 9.17) is 0 Å². The molecule has 1 heterocycles. The van der Waals surface area contributed by atoms with Crippen LogP contribution in [0.4, 0.5) is 5.69 Å². The topological polar surface area (TPSA) is 6.48 Å². The summed E-state index contributed by atoms with van der Waals surface area (Å²) in [6, 6.07) is 8.55. The Balaban J connectivity index is 2.06. The highest BCUT2D eigenvalue weighted by atomic mass is 15.2. The Morgan fingerprint density at radius 1 is 1.00 bits per heavy atom. The van der Waals surface area contributed by atoms with Crippen molar-refractivity contribution < 1.29 is 0 Å². The van der Waals surface area contributed by atoms with Crippen molar-refractivity contribution in [3.63, 3.8) is 0 Å². The van der Waals surface area contributed by atoms with Crippen LogP contribution >= 0.6 is 0 Å². The van der Waals surface area contributed by atoms with Gasteiger partial charge in [0.2, 0.25) is 0 Å². The maximum absolute atomic E-state index is 3.07. The molecule has 1 aromatic rings. The van der Waals surface area contributed by atoms with Crippen LogP contribution in [0.1, 0.15) is 12.5 Å². The number of nitrogens with zero attached hydrogens (tertiary/aromatic N) is 2. The predicted octanol–water partition coefficient (Wildman–Crippen LogP) is 1.81. The van der Waals surface area contributed by atoms with Crippen LogP contribution in [0.25, 0.3) is 0 Å². The van der Waals surface area contributed by atoms with Crippen LogP contribution in [0.2, 0.25) is 0 Å². The van der Waals surface area contributed by atoms with Gasteiger partial charge in [-0.15, -0.1) is 5.92 Å². The van der Waals surface area contributed by atoms with E-state index in [0.29, 0.717) is 0 Å². The molecule has 0 atom stereocenters. The highest BCUT2D eigenvalue weighted by molar-refractivity contribution is 5.50. The summed E-state index contributed by atoms with van der Waals surface area (Å²) >= 11 is 0. The molecular weight excluding hydrogens is 196 g/mol. The lowest BCUT2D eigenvalue weighted by molar-refractivity contribution is 0.313. The van der Waals surface area contributed by atoms with Crippen molar-refractivity contribution >= 4 is 5.69 Å². The van der Waals surface area contributed by atoms with Gasteiger partial charge in [0.05, 0.1) is 0 Å². The first-order valence-electron chi connectivity index (χ1n) is 5.76. The van der Waals surface area contributed by atoms with Crippen molar-refractivity contribution in [2.75, 3.05) is 38.1 Å². The van der Waals surface area contributed by atoms with E-state index in [1.54, 1.807) is 0 Å². The van der Waals surface area contributed by atoms with Crippen LogP contribution in [0.5, 0.6) is 0 Å². The third-order valence-electron chi connectivity index (χ3n) is 3.01. The van der Waals surface area contributed by atoms with Gasteiger partial charge in [-0.2, -0.15) is 0 Å². The average molecular weight is 214 g/mol. The molecule has 2 rings (SSSR count). The highest BCUT2D eigenvalue weighted by Crippen LogP contribution is 2.16. The number of hydrogen-bond acceptors (Lipinski definition) is 2. The Kier molecular flexibility index (Phi) is 3.48. The monoisotopic (exact) mass is 214 g/mol. The molecule has 0 saturated carbocycles. The maximum atomic E-state index is 3.07. The molecule has 1 aliphatic rings. The SMILES string of the molecule is CC#Cc1ccc(N2CCN(C)CC2)cc1. The fourth-order valence-corrected chi connectivity index (χ4v) is 1.96. The second-order valence-corrected chi connectivity index (χ2v) is 4.21. The number of rotatable bonds is 1. The summed E-state index contributed by atoms with van der Waals surface area (Å²) in [5.74, 6) is 5.99. The summed E-state index contributed by atoms with van der Waals surface area (Å²) in [5.41, 5.74) is 2.41. The molecule has 0 N–H and O–H groups in total. The lowest BCUT2D eigenvalue weighted by Gasteiger charge is -2.34. The van der Waals surface area contributed by atoms with Crippen molar-refractivity contribution in [1.29, 1.82) is 0 Å². The molecule has 2 nitrogen and oxygen atoms in total. The Labute approximate surface area is 97.9 Å². The van der Waals surface area contributed by atoms with Crippen molar-refractivity contribution in [3.8, 4) is 11.8 Å². The van der Waals surface area contributed by atoms with E-state index in [1.807, 2.05) is 6.92 Å². The zero-order valence-corrected chi connectivity index (χ0v) is 10.0. The molecule has 1 aromatic carbocycles. The lowest BCUT2D eigenvalue weighted by Crippen LogP contribution is -2.44. The largest absolute Gasteiger partial charge is 0.369 e. The van der Waals surface area contributed by atoms with Crippen LogP contribution in [0, 0.1) is 11.8 Å². The van der Waals surface area contributed by atoms with Gasteiger partial charge < -0.3 is 9.80 Å². The third-order valence-corrected chi connectivity index (χ3v) is 3.01. The van der Waals surface area contributed by atoms with Crippen molar-refractivity contribution in [1.82, 2.24) is 4.90 Å². The van der Waals surface area contributed by atoms with Gasteiger partial charge in [-0.1, -0.05) is 5.92 Å². The standard InChI is InChI=1S/C14H18N2/c1-3-4-13-5-7-14(8-6-13)16-11-9-15(2)10-12-16/h5-8H,9-12H2,1-2H3. The molecule has 1 saturated heterocycles. The van der Waals surface area contributed by atoms with Gasteiger partial charge in [-0.3, -0.25) is 0 Å². The van der Waals surface area contributed by atoms with E-state index < -0.39 is 0 Å². The summed E-state index contributed by atoms with van der Waals surface area (Å²) in [7, 11) is 2.18. The zero-order valence-electron chi connectivity index (χ0n) is 10.0. The number of hydrogen-bond donors (Lipinski definition) is 0. The second-order valence-electron chi connectivity index (χ2n) is 4.21. The molecule has 1 fully saturated rings. The van der Waals surface area contributed by atoms with Gasteiger partial charge in [-0.25, -0.2) is 0 Å². The van der Waals surface area contributed by atoms with E-state index in [9.17, 15) is 0 Å². The maximum Gasteiger partial charge on any atom is 0.0367 e. The minimum Gasteiger partial charge on any atom is -0.369 e. The van der Waals surface area contributed by atoms with Gasteiger partial charge in [0.1, 0.15) is 0 Å². The van der Waals surface area contributed by atoms with Crippen LogP contribution in [-0.2, 0) is 0 Å². The van der Waals surface area contributed by atoms with Gasteiger partial charge in [0.15, 0.2) is 0 Å². The quantitative estimate of drug-likeness (QED) is 0.658. The molecule has 84 valence electrons. The molecule has 0 radical (unpaired) electrons. The Morgan fingerprint density at radius 3 is 2.19 bits per heavy atom. The highest BCUT2D eigenvalue weighted by Gasteiger charge is 2.13. The van der Waals surface area contributed by atoms with Crippen molar-refractivity contribution in [2.45, 2.75) is 6.92 Å². The molecule has 0 bridgehead atoms. The molecular formula is C14H18N2. The van der Waals surface area contributed by atoms with Crippen LogP contribution in [0.3, 0.4) is 0 Å². The van der Waals surface area contributed by atoms with Gasteiger partial charge in [-0.05, 0) is 38.2 Å². The van der Waals surface area contributed by atoms with Gasteiger partial charge in [0.25, 0.3) is 0 Å². The zero-order chi connectivity index (χ0) is 11.4. The summed E-state index contributed by atoms with van der Waals surface area (Å²) in [4.78, 5) is 4.80. The summed E-state index contributed by atoms with van der Waals surface area (Å²) in [6.45, 7) is 6.41. The molecule has 0 aliphatic carbocycles. The van der Waals surface area contributed by atoms with Crippen LogP contribution in [0.15, 0.2) is 24.3 Å². The van der Waals surface area contributed by atoms with Gasteiger partial charge >= 0.3 is 0 Å². The van der Waals surface area contributed by atoms with E-state index >= 15 is 0 Å². The van der Waals surface area contributed by atoms with E-state index in [0.717, 1.165) is 31.7 Å².